The van der Waals surface area contributed by atoms with Crippen LogP contribution >= 0.6 is 0 Å². The van der Waals surface area contributed by atoms with Crippen LogP contribution in [-0.2, 0) is 19.6 Å². The van der Waals surface area contributed by atoms with Crippen molar-refractivity contribution in [2.24, 2.45) is 5.73 Å². The molecule has 0 aliphatic heterocycles. The van der Waals surface area contributed by atoms with Crippen LogP contribution in [0.5, 0.6) is 0 Å². The number of nitrogens with two attached hydrogens (primary N) is 1. The fourth-order valence-corrected chi connectivity index (χ4v) is 2.27. The predicted octanol–water partition coefficient (Wildman–Crippen LogP) is 3.17. The van der Waals surface area contributed by atoms with Gasteiger partial charge in [0.15, 0.2) is 0 Å². The molecule has 2 nitrogen and oxygen atoms in total. The molecule has 0 spiro atoms. The number of benzene rings is 2. The van der Waals surface area contributed by atoms with Gasteiger partial charge in [0, 0.05) is 19.6 Å². The fraction of sp³-hybridized carbons (Fsp3) is 0.294. The van der Waals surface area contributed by atoms with Gasteiger partial charge in [-0.25, -0.2) is 0 Å². The van der Waals surface area contributed by atoms with E-state index in [2.05, 4.69) is 66.4 Å². The van der Waals surface area contributed by atoms with E-state index in [1.165, 1.54) is 16.7 Å². The highest BCUT2D eigenvalue weighted by Crippen LogP contribution is 2.13. The van der Waals surface area contributed by atoms with Crippen molar-refractivity contribution in [3.63, 3.8) is 0 Å². The fourth-order valence-electron chi connectivity index (χ4n) is 2.27. The zero-order valence-electron chi connectivity index (χ0n) is 11.5. The minimum absolute atomic E-state index is 0.610. The van der Waals surface area contributed by atoms with Crippen LogP contribution in [0, 0.1) is 0 Å². The number of hydrogen-bond donors (Lipinski definition) is 1. The quantitative estimate of drug-likeness (QED) is 0.858. The lowest BCUT2D eigenvalue weighted by Crippen LogP contribution is -2.23. The molecular formula is C17H22N2. The van der Waals surface area contributed by atoms with E-state index < -0.39 is 0 Å². The Morgan fingerprint density at radius 2 is 1.47 bits per heavy atom. The normalized spacial score (nSPS) is 10.9. The van der Waals surface area contributed by atoms with Gasteiger partial charge in [0.1, 0.15) is 0 Å². The number of rotatable bonds is 6. The maximum Gasteiger partial charge on any atom is 0.0240 e. The van der Waals surface area contributed by atoms with Crippen LogP contribution in [0.3, 0.4) is 0 Å². The van der Waals surface area contributed by atoms with E-state index in [0.717, 1.165) is 19.6 Å². The molecule has 2 N–H and O–H groups in total. The first-order valence-electron chi connectivity index (χ1n) is 6.86. The topological polar surface area (TPSA) is 29.3 Å². The molecule has 0 radical (unpaired) electrons. The van der Waals surface area contributed by atoms with Gasteiger partial charge in [0.2, 0.25) is 0 Å². The molecule has 0 amide bonds. The Bertz CT molecular complexity index is 494. The lowest BCUT2D eigenvalue weighted by atomic mass is 10.1. The molecule has 0 aromatic heterocycles. The SMILES string of the molecule is CCN(Cc1ccccc1)Cc1ccccc1CN. The first kappa shape index (κ1) is 13.8. The summed E-state index contributed by atoms with van der Waals surface area (Å²) in [7, 11) is 0. The van der Waals surface area contributed by atoms with Gasteiger partial charge < -0.3 is 5.73 Å². The van der Waals surface area contributed by atoms with Gasteiger partial charge in [-0.1, -0.05) is 61.5 Å². The summed E-state index contributed by atoms with van der Waals surface area (Å²) in [5.41, 5.74) is 9.74. The maximum absolute atomic E-state index is 5.80. The molecule has 100 valence electrons. The minimum Gasteiger partial charge on any atom is -0.326 e. The second-order valence-corrected chi connectivity index (χ2v) is 4.76. The first-order chi connectivity index (χ1) is 9.33. The third-order valence-corrected chi connectivity index (χ3v) is 3.43. The Hall–Kier alpha value is -1.64. The van der Waals surface area contributed by atoms with Crippen LogP contribution in [0.2, 0.25) is 0 Å². The molecule has 2 heteroatoms. The molecule has 0 saturated heterocycles. The molecule has 0 saturated carbocycles. The average molecular weight is 254 g/mol. The summed E-state index contributed by atoms with van der Waals surface area (Å²) in [4.78, 5) is 2.43. The molecule has 0 fully saturated rings. The van der Waals surface area contributed by atoms with Crippen molar-refractivity contribution in [3.05, 3.63) is 71.3 Å². The summed E-state index contributed by atoms with van der Waals surface area (Å²) in [5, 5.41) is 0. The van der Waals surface area contributed by atoms with Gasteiger partial charge in [-0.2, -0.15) is 0 Å². The molecule has 0 atom stereocenters. The summed E-state index contributed by atoms with van der Waals surface area (Å²) in [5.74, 6) is 0. The summed E-state index contributed by atoms with van der Waals surface area (Å²) in [6.07, 6.45) is 0. The van der Waals surface area contributed by atoms with Gasteiger partial charge in [0.05, 0.1) is 0 Å². The molecule has 19 heavy (non-hydrogen) atoms. The van der Waals surface area contributed by atoms with Crippen molar-refractivity contribution in [3.8, 4) is 0 Å². The third kappa shape index (κ3) is 3.91. The van der Waals surface area contributed by atoms with Crippen molar-refractivity contribution in [2.75, 3.05) is 6.54 Å². The van der Waals surface area contributed by atoms with E-state index in [4.69, 9.17) is 5.73 Å². The third-order valence-electron chi connectivity index (χ3n) is 3.43. The molecule has 2 rings (SSSR count). The zero-order chi connectivity index (χ0) is 13.5. The second-order valence-electron chi connectivity index (χ2n) is 4.76. The van der Waals surface area contributed by atoms with Gasteiger partial charge in [0.25, 0.3) is 0 Å². The van der Waals surface area contributed by atoms with Crippen molar-refractivity contribution < 1.29 is 0 Å². The first-order valence-corrected chi connectivity index (χ1v) is 6.86. The minimum atomic E-state index is 0.610. The van der Waals surface area contributed by atoms with Crippen molar-refractivity contribution >= 4 is 0 Å². The summed E-state index contributed by atoms with van der Waals surface area (Å²) >= 11 is 0. The van der Waals surface area contributed by atoms with Crippen LogP contribution in [-0.4, -0.2) is 11.4 Å². The van der Waals surface area contributed by atoms with E-state index in [1.54, 1.807) is 0 Å². The van der Waals surface area contributed by atoms with Gasteiger partial charge >= 0.3 is 0 Å². The summed E-state index contributed by atoms with van der Waals surface area (Å²) in [6, 6.07) is 19.0. The molecule has 0 heterocycles. The molecule has 2 aromatic rings. The van der Waals surface area contributed by atoms with Gasteiger partial charge in [-0.3, -0.25) is 4.90 Å². The highest BCUT2D eigenvalue weighted by Gasteiger charge is 2.07. The molecular weight excluding hydrogens is 232 g/mol. The van der Waals surface area contributed by atoms with Crippen LogP contribution in [0.4, 0.5) is 0 Å². The molecule has 0 aliphatic rings. The Morgan fingerprint density at radius 3 is 2.11 bits per heavy atom. The Labute approximate surface area is 115 Å². The largest absolute Gasteiger partial charge is 0.326 e. The van der Waals surface area contributed by atoms with E-state index >= 15 is 0 Å². The van der Waals surface area contributed by atoms with E-state index in [-0.39, 0.29) is 0 Å². The average Bonchev–Trinajstić information content (AvgIpc) is 2.48. The van der Waals surface area contributed by atoms with Gasteiger partial charge in [-0.15, -0.1) is 0 Å². The molecule has 0 aliphatic carbocycles. The van der Waals surface area contributed by atoms with Crippen molar-refractivity contribution in [1.29, 1.82) is 0 Å². The van der Waals surface area contributed by atoms with Crippen LogP contribution in [0.15, 0.2) is 54.6 Å². The molecule has 2 aromatic carbocycles. The van der Waals surface area contributed by atoms with Gasteiger partial charge in [-0.05, 0) is 23.2 Å². The van der Waals surface area contributed by atoms with Crippen LogP contribution < -0.4 is 5.73 Å². The molecule has 0 unspecified atom stereocenters. The van der Waals surface area contributed by atoms with E-state index in [1.807, 2.05) is 0 Å². The van der Waals surface area contributed by atoms with Crippen LogP contribution in [0.1, 0.15) is 23.6 Å². The van der Waals surface area contributed by atoms with E-state index in [9.17, 15) is 0 Å². The number of nitrogens with zero attached hydrogens (tertiary/aromatic N) is 1. The lowest BCUT2D eigenvalue weighted by molar-refractivity contribution is 0.270. The lowest BCUT2D eigenvalue weighted by Gasteiger charge is -2.22. The summed E-state index contributed by atoms with van der Waals surface area (Å²) in [6.45, 7) is 5.79. The highest BCUT2D eigenvalue weighted by atomic mass is 15.1. The predicted molar refractivity (Wildman–Crippen MR) is 80.6 cm³/mol. The second kappa shape index (κ2) is 7.07. The Balaban J connectivity index is 2.07. The van der Waals surface area contributed by atoms with Crippen LogP contribution in [0.25, 0.3) is 0 Å². The highest BCUT2D eigenvalue weighted by molar-refractivity contribution is 5.27. The maximum atomic E-state index is 5.80. The summed E-state index contributed by atoms with van der Waals surface area (Å²) < 4.78 is 0. The van der Waals surface area contributed by atoms with E-state index in [0.29, 0.717) is 6.54 Å². The monoisotopic (exact) mass is 254 g/mol. The zero-order valence-corrected chi connectivity index (χ0v) is 11.5. The Morgan fingerprint density at radius 1 is 0.842 bits per heavy atom. The van der Waals surface area contributed by atoms with Crippen molar-refractivity contribution in [2.45, 2.75) is 26.6 Å². The standard InChI is InChI=1S/C17H22N2/c1-2-19(13-15-8-4-3-5-9-15)14-17-11-7-6-10-16(17)12-18/h3-11H,2,12-14,18H2,1H3. The smallest absolute Gasteiger partial charge is 0.0240 e. The number of hydrogen-bond acceptors (Lipinski definition) is 2. The Kier molecular flexibility index (Phi) is 5.13. The van der Waals surface area contributed by atoms with Crippen molar-refractivity contribution in [1.82, 2.24) is 4.90 Å². The molecule has 0 bridgehead atoms.